The topological polar surface area (TPSA) is 71.8 Å². The first-order chi connectivity index (χ1) is 10.2. The summed E-state index contributed by atoms with van der Waals surface area (Å²) in [6.45, 7) is 2.26. The van der Waals surface area contributed by atoms with Gasteiger partial charge >= 0.3 is 0 Å². The Balaban J connectivity index is 1.94. The Morgan fingerprint density at radius 1 is 1.05 bits per heavy atom. The van der Waals surface area contributed by atoms with Crippen molar-refractivity contribution < 1.29 is 0 Å². The van der Waals surface area contributed by atoms with Crippen LogP contribution in [-0.2, 0) is 0 Å². The van der Waals surface area contributed by atoms with Crippen LogP contribution in [0.2, 0.25) is 0 Å². The molecule has 120 valence electrons. The first-order valence-corrected chi connectivity index (χ1v) is 9.20. The summed E-state index contributed by atoms with van der Waals surface area (Å²) in [5.74, 6) is 1.28. The third kappa shape index (κ3) is 9.56. The molecular weight excluding hydrogens is 282 g/mol. The van der Waals surface area contributed by atoms with E-state index in [1.54, 1.807) is 11.8 Å². The maximum atomic E-state index is 11.2. The van der Waals surface area contributed by atoms with E-state index in [1.165, 1.54) is 70.3 Å². The van der Waals surface area contributed by atoms with Gasteiger partial charge in [-0.1, -0.05) is 76.5 Å². The van der Waals surface area contributed by atoms with Crippen molar-refractivity contribution in [2.24, 2.45) is 0 Å². The molecule has 0 atom stereocenters. The molecule has 1 aromatic rings. The van der Waals surface area contributed by atoms with E-state index in [-0.39, 0.29) is 5.56 Å². The fourth-order valence-electron chi connectivity index (χ4n) is 2.28. The SMILES string of the molecule is CCCCCCCCCCCCSc1nc(N)cc(=O)[nH]1. The molecule has 1 heterocycles. The molecule has 0 unspecified atom stereocenters. The van der Waals surface area contributed by atoms with E-state index in [0.29, 0.717) is 11.0 Å². The minimum atomic E-state index is -0.173. The lowest BCUT2D eigenvalue weighted by Gasteiger charge is -2.03. The van der Waals surface area contributed by atoms with Crippen LogP contribution in [0.15, 0.2) is 16.0 Å². The van der Waals surface area contributed by atoms with Crippen molar-refractivity contribution in [3.05, 3.63) is 16.4 Å². The lowest BCUT2D eigenvalue weighted by atomic mass is 10.1. The monoisotopic (exact) mass is 311 g/mol. The number of unbranched alkanes of at least 4 members (excludes halogenated alkanes) is 9. The van der Waals surface area contributed by atoms with Crippen LogP contribution in [-0.4, -0.2) is 15.7 Å². The number of nitrogens with one attached hydrogen (secondary N) is 1. The van der Waals surface area contributed by atoms with Crippen molar-refractivity contribution in [2.45, 2.75) is 76.3 Å². The number of rotatable bonds is 12. The van der Waals surface area contributed by atoms with Crippen molar-refractivity contribution in [2.75, 3.05) is 11.5 Å². The summed E-state index contributed by atoms with van der Waals surface area (Å²) in [6.07, 6.45) is 13.4. The molecule has 0 aromatic carbocycles. The van der Waals surface area contributed by atoms with Gasteiger partial charge in [-0.05, 0) is 6.42 Å². The van der Waals surface area contributed by atoms with Crippen LogP contribution in [0.1, 0.15) is 71.1 Å². The third-order valence-corrected chi connectivity index (χ3v) is 4.44. The van der Waals surface area contributed by atoms with Crippen LogP contribution in [0.25, 0.3) is 0 Å². The fraction of sp³-hybridized carbons (Fsp3) is 0.750. The highest BCUT2D eigenvalue weighted by molar-refractivity contribution is 7.99. The van der Waals surface area contributed by atoms with E-state index in [2.05, 4.69) is 16.9 Å². The lowest BCUT2D eigenvalue weighted by molar-refractivity contribution is 0.563. The van der Waals surface area contributed by atoms with Gasteiger partial charge in [-0.2, -0.15) is 0 Å². The van der Waals surface area contributed by atoms with Crippen molar-refractivity contribution in [3.63, 3.8) is 0 Å². The molecule has 0 saturated carbocycles. The van der Waals surface area contributed by atoms with E-state index < -0.39 is 0 Å². The first kappa shape index (κ1) is 18.1. The van der Waals surface area contributed by atoms with Gasteiger partial charge in [0.2, 0.25) is 0 Å². The number of nitrogens with zero attached hydrogens (tertiary/aromatic N) is 1. The first-order valence-electron chi connectivity index (χ1n) is 8.22. The minimum Gasteiger partial charge on any atom is -0.383 e. The number of thioether (sulfide) groups is 1. The summed E-state index contributed by atoms with van der Waals surface area (Å²) >= 11 is 1.58. The smallest absolute Gasteiger partial charge is 0.253 e. The Morgan fingerprint density at radius 2 is 1.62 bits per heavy atom. The average Bonchev–Trinajstić information content (AvgIpc) is 2.44. The molecule has 0 bridgehead atoms. The Kier molecular flexibility index (Phi) is 10.0. The molecule has 3 N–H and O–H groups in total. The predicted molar refractivity (Wildman–Crippen MR) is 91.8 cm³/mol. The quantitative estimate of drug-likeness (QED) is 0.342. The highest BCUT2D eigenvalue weighted by atomic mass is 32.2. The maximum absolute atomic E-state index is 11.2. The van der Waals surface area contributed by atoms with Crippen LogP contribution in [0, 0.1) is 0 Å². The molecule has 4 nitrogen and oxygen atoms in total. The maximum Gasteiger partial charge on any atom is 0.253 e. The number of hydrogen-bond donors (Lipinski definition) is 2. The molecule has 1 rings (SSSR count). The Hall–Kier alpha value is -0.970. The van der Waals surface area contributed by atoms with Gasteiger partial charge in [0.1, 0.15) is 5.82 Å². The molecule has 0 saturated heterocycles. The summed E-state index contributed by atoms with van der Waals surface area (Å²) in [6, 6.07) is 1.31. The largest absolute Gasteiger partial charge is 0.383 e. The van der Waals surface area contributed by atoms with Crippen molar-refractivity contribution >= 4 is 17.6 Å². The molecule has 5 heteroatoms. The van der Waals surface area contributed by atoms with Gasteiger partial charge in [0.25, 0.3) is 5.56 Å². The number of nitrogen functional groups attached to an aromatic ring is 1. The zero-order valence-electron chi connectivity index (χ0n) is 13.2. The van der Waals surface area contributed by atoms with E-state index in [9.17, 15) is 4.79 Å². The minimum absolute atomic E-state index is 0.173. The molecular formula is C16H29N3OS. The third-order valence-electron chi connectivity index (χ3n) is 3.48. The molecule has 0 spiro atoms. The van der Waals surface area contributed by atoms with Gasteiger partial charge < -0.3 is 10.7 Å². The number of H-pyrrole nitrogens is 1. The second-order valence-corrected chi connectivity index (χ2v) is 6.59. The normalized spacial score (nSPS) is 10.9. The standard InChI is InChI=1S/C16H29N3OS/c1-2-3-4-5-6-7-8-9-10-11-12-21-16-18-14(17)13-15(20)19-16/h13H,2-12H2,1H3,(H3,17,18,19,20). The van der Waals surface area contributed by atoms with E-state index in [4.69, 9.17) is 5.73 Å². The second-order valence-electron chi connectivity index (χ2n) is 5.51. The fourth-order valence-corrected chi connectivity index (χ4v) is 3.16. The Labute approximate surface area is 132 Å². The molecule has 0 aliphatic carbocycles. The van der Waals surface area contributed by atoms with E-state index in [1.807, 2.05) is 0 Å². The van der Waals surface area contributed by atoms with E-state index >= 15 is 0 Å². The molecule has 0 aliphatic heterocycles. The number of aromatic nitrogens is 2. The van der Waals surface area contributed by atoms with Gasteiger partial charge in [-0.15, -0.1) is 0 Å². The van der Waals surface area contributed by atoms with Gasteiger partial charge in [-0.25, -0.2) is 4.98 Å². The van der Waals surface area contributed by atoms with Crippen molar-refractivity contribution in [3.8, 4) is 0 Å². The summed E-state index contributed by atoms with van der Waals surface area (Å²) < 4.78 is 0. The van der Waals surface area contributed by atoms with Crippen LogP contribution in [0.3, 0.4) is 0 Å². The summed E-state index contributed by atoms with van der Waals surface area (Å²) in [7, 11) is 0. The van der Waals surface area contributed by atoms with Crippen molar-refractivity contribution in [1.82, 2.24) is 9.97 Å². The highest BCUT2D eigenvalue weighted by Gasteiger charge is 1.99. The van der Waals surface area contributed by atoms with Gasteiger partial charge in [0.15, 0.2) is 5.16 Å². The number of nitrogens with two attached hydrogens (primary N) is 1. The van der Waals surface area contributed by atoms with Crippen LogP contribution < -0.4 is 11.3 Å². The van der Waals surface area contributed by atoms with Crippen LogP contribution in [0.4, 0.5) is 5.82 Å². The number of hydrogen-bond acceptors (Lipinski definition) is 4. The van der Waals surface area contributed by atoms with Gasteiger partial charge in [0, 0.05) is 11.8 Å². The second kappa shape index (κ2) is 11.7. The zero-order chi connectivity index (χ0) is 15.3. The molecule has 21 heavy (non-hydrogen) atoms. The molecule has 0 aliphatic rings. The van der Waals surface area contributed by atoms with Gasteiger partial charge in [0.05, 0.1) is 0 Å². The van der Waals surface area contributed by atoms with Crippen molar-refractivity contribution in [1.29, 1.82) is 0 Å². The number of aromatic amines is 1. The summed E-state index contributed by atoms with van der Waals surface area (Å²) in [4.78, 5) is 18.0. The molecule has 0 amide bonds. The molecule has 0 fully saturated rings. The predicted octanol–water partition coefficient (Wildman–Crippen LogP) is 4.37. The van der Waals surface area contributed by atoms with Crippen LogP contribution >= 0.6 is 11.8 Å². The zero-order valence-corrected chi connectivity index (χ0v) is 14.0. The molecule has 1 aromatic heterocycles. The lowest BCUT2D eigenvalue weighted by Crippen LogP contribution is -2.09. The average molecular weight is 311 g/mol. The number of anilines is 1. The van der Waals surface area contributed by atoms with Crippen LogP contribution in [0.5, 0.6) is 0 Å². The summed E-state index contributed by atoms with van der Waals surface area (Å²) in [5.41, 5.74) is 5.37. The summed E-state index contributed by atoms with van der Waals surface area (Å²) in [5, 5.41) is 0.635. The van der Waals surface area contributed by atoms with E-state index in [0.717, 1.165) is 5.75 Å². The van der Waals surface area contributed by atoms with Gasteiger partial charge in [-0.3, -0.25) is 4.79 Å². The molecule has 0 radical (unpaired) electrons. The Morgan fingerprint density at radius 3 is 2.19 bits per heavy atom. The highest BCUT2D eigenvalue weighted by Crippen LogP contribution is 2.16. The Bertz CT molecular complexity index is 434.